The van der Waals surface area contributed by atoms with E-state index < -0.39 is 0 Å². The summed E-state index contributed by atoms with van der Waals surface area (Å²) in [5.41, 5.74) is 7.48. The molecular weight excluding hydrogens is 504 g/mol. The summed E-state index contributed by atoms with van der Waals surface area (Å²) in [7, 11) is 1.69. The predicted octanol–water partition coefficient (Wildman–Crippen LogP) is 5.75. The SMILES string of the molecule is CN(C(=O)c1ccc(N2CCCCC2)c(NC(=O)c2ccc(-c3ccc([O-])cc3)cc2)c1)c1ccc(NO)cc1. The number of carbonyl (C=O) groups is 2. The first-order chi connectivity index (χ1) is 19.4. The summed E-state index contributed by atoms with van der Waals surface area (Å²) in [5.74, 6) is -0.545. The molecule has 204 valence electrons. The van der Waals surface area contributed by atoms with Crippen LogP contribution in [0.1, 0.15) is 40.0 Å². The second kappa shape index (κ2) is 11.9. The van der Waals surface area contributed by atoms with Crippen molar-refractivity contribution in [3.8, 4) is 16.9 Å². The van der Waals surface area contributed by atoms with Crippen molar-refractivity contribution >= 4 is 34.6 Å². The average Bonchev–Trinajstić information content (AvgIpc) is 3.01. The molecule has 8 nitrogen and oxygen atoms in total. The zero-order valence-corrected chi connectivity index (χ0v) is 22.3. The fraction of sp³-hybridized carbons (Fsp3) is 0.188. The van der Waals surface area contributed by atoms with Crippen molar-refractivity contribution in [2.75, 3.05) is 40.7 Å². The number of hydrogen-bond acceptors (Lipinski definition) is 6. The number of piperidine rings is 1. The Morgan fingerprint density at radius 1 is 0.800 bits per heavy atom. The molecule has 4 aromatic carbocycles. The lowest BCUT2D eigenvalue weighted by atomic mass is 10.0. The van der Waals surface area contributed by atoms with Gasteiger partial charge in [-0.05, 0) is 85.0 Å². The van der Waals surface area contributed by atoms with Crippen molar-refractivity contribution in [2.45, 2.75) is 19.3 Å². The molecule has 1 saturated heterocycles. The molecule has 40 heavy (non-hydrogen) atoms. The molecule has 5 rings (SSSR count). The highest BCUT2D eigenvalue weighted by Gasteiger charge is 2.21. The summed E-state index contributed by atoms with van der Waals surface area (Å²) in [4.78, 5) is 30.5. The van der Waals surface area contributed by atoms with Gasteiger partial charge in [0.15, 0.2) is 0 Å². The molecule has 1 fully saturated rings. The zero-order chi connectivity index (χ0) is 28.1. The van der Waals surface area contributed by atoms with Crippen LogP contribution in [-0.4, -0.2) is 37.2 Å². The normalized spacial score (nSPS) is 13.0. The van der Waals surface area contributed by atoms with E-state index in [0.29, 0.717) is 28.2 Å². The topological polar surface area (TPSA) is 108 Å². The molecule has 0 atom stereocenters. The van der Waals surface area contributed by atoms with Crippen molar-refractivity contribution in [3.63, 3.8) is 0 Å². The average molecular weight is 536 g/mol. The van der Waals surface area contributed by atoms with Crippen molar-refractivity contribution < 1.29 is 19.9 Å². The van der Waals surface area contributed by atoms with Crippen molar-refractivity contribution in [1.82, 2.24) is 0 Å². The van der Waals surface area contributed by atoms with Crippen molar-refractivity contribution in [1.29, 1.82) is 0 Å². The van der Waals surface area contributed by atoms with Gasteiger partial charge in [0, 0.05) is 37.0 Å². The van der Waals surface area contributed by atoms with Gasteiger partial charge in [-0.3, -0.25) is 20.3 Å². The number of amides is 2. The Morgan fingerprint density at radius 2 is 1.40 bits per heavy atom. The summed E-state index contributed by atoms with van der Waals surface area (Å²) in [6.07, 6.45) is 3.32. The van der Waals surface area contributed by atoms with Gasteiger partial charge < -0.3 is 20.2 Å². The van der Waals surface area contributed by atoms with Crippen LogP contribution < -0.4 is 25.7 Å². The minimum absolute atomic E-state index is 0.0481. The maximum Gasteiger partial charge on any atom is 0.258 e. The number of benzene rings is 4. The predicted molar refractivity (Wildman–Crippen MR) is 156 cm³/mol. The van der Waals surface area contributed by atoms with Crippen LogP contribution in [0.25, 0.3) is 11.1 Å². The van der Waals surface area contributed by atoms with Crippen LogP contribution in [0.3, 0.4) is 0 Å². The molecule has 4 aromatic rings. The standard InChI is InChI=1S/C32H32N4O4/c1-35(27-14-12-26(34-40)13-15-27)32(39)25-11-18-30(36-19-3-2-4-20-36)29(21-25)33-31(38)24-7-5-22(6-8-24)23-9-16-28(37)17-10-23/h5-18,21,34,37,40H,2-4,19-20H2,1H3,(H,33,38)/p-1. The number of carbonyl (C=O) groups excluding carboxylic acids is 2. The third-order valence-electron chi connectivity index (χ3n) is 7.21. The lowest BCUT2D eigenvalue weighted by molar-refractivity contribution is -0.268. The molecular formula is C32H31N4O4-. The maximum atomic E-state index is 13.4. The number of nitrogens with zero attached hydrogens (tertiary/aromatic N) is 2. The monoisotopic (exact) mass is 535 g/mol. The summed E-state index contributed by atoms with van der Waals surface area (Å²) >= 11 is 0. The number of rotatable bonds is 7. The Morgan fingerprint density at radius 3 is 2.02 bits per heavy atom. The van der Waals surface area contributed by atoms with E-state index in [-0.39, 0.29) is 17.6 Å². The molecule has 0 spiro atoms. The molecule has 2 amide bonds. The lowest BCUT2D eigenvalue weighted by Crippen LogP contribution is -2.31. The maximum absolute atomic E-state index is 13.4. The minimum atomic E-state index is -0.273. The van der Waals surface area contributed by atoms with Crippen LogP contribution in [0.2, 0.25) is 0 Å². The molecule has 0 saturated carbocycles. The van der Waals surface area contributed by atoms with E-state index >= 15 is 0 Å². The smallest absolute Gasteiger partial charge is 0.258 e. The van der Waals surface area contributed by atoms with E-state index in [1.807, 2.05) is 18.2 Å². The van der Waals surface area contributed by atoms with E-state index in [1.165, 1.54) is 23.5 Å². The summed E-state index contributed by atoms with van der Waals surface area (Å²) in [6, 6.07) is 26.0. The first kappa shape index (κ1) is 26.8. The second-order valence-electron chi connectivity index (χ2n) is 9.86. The Balaban J connectivity index is 1.40. The second-order valence-corrected chi connectivity index (χ2v) is 9.86. The van der Waals surface area contributed by atoms with Gasteiger partial charge in [0.05, 0.1) is 17.1 Å². The summed E-state index contributed by atoms with van der Waals surface area (Å²) < 4.78 is 0. The van der Waals surface area contributed by atoms with Gasteiger partial charge in [-0.15, -0.1) is 5.75 Å². The van der Waals surface area contributed by atoms with Crippen molar-refractivity contribution in [3.05, 3.63) is 102 Å². The summed E-state index contributed by atoms with van der Waals surface area (Å²) in [6.45, 7) is 1.77. The van der Waals surface area contributed by atoms with Crippen LogP contribution in [0.4, 0.5) is 22.7 Å². The molecule has 0 unspecified atom stereocenters. The van der Waals surface area contributed by atoms with Gasteiger partial charge in [0.25, 0.3) is 11.8 Å². The molecule has 0 radical (unpaired) electrons. The van der Waals surface area contributed by atoms with Crippen LogP contribution >= 0.6 is 0 Å². The molecule has 1 aliphatic rings. The third-order valence-corrected chi connectivity index (χ3v) is 7.21. The Kier molecular flexibility index (Phi) is 7.98. The zero-order valence-electron chi connectivity index (χ0n) is 22.3. The number of hydrogen-bond donors (Lipinski definition) is 3. The van der Waals surface area contributed by atoms with Gasteiger partial charge in [-0.25, -0.2) is 0 Å². The fourth-order valence-electron chi connectivity index (χ4n) is 4.91. The largest absolute Gasteiger partial charge is 0.872 e. The fourth-order valence-corrected chi connectivity index (χ4v) is 4.91. The van der Waals surface area contributed by atoms with E-state index in [1.54, 1.807) is 67.7 Å². The highest BCUT2D eigenvalue weighted by atomic mass is 16.5. The van der Waals surface area contributed by atoms with Crippen LogP contribution in [0.5, 0.6) is 5.75 Å². The first-order valence-corrected chi connectivity index (χ1v) is 13.3. The summed E-state index contributed by atoms with van der Waals surface area (Å²) in [5, 5.41) is 23.5. The number of anilines is 4. The highest BCUT2D eigenvalue weighted by Crippen LogP contribution is 2.31. The molecule has 0 aromatic heterocycles. The van der Waals surface area contributed by atoms with E-state index in [0.717, 1.165) is 42.7 Å². The van der Waals surface area contributed by atoms with E-state index in [2.05, 4.69) is 15.7 Å². The Labute approximate surface area is 233 Å². The molecule has 8 heteroatoms. The lowest BCUT2D eigenvalue weighted by Gasteiger charge is -2.31. The van der Waals surface area contributed by atoms with Crippen LogP contribution in [0, 0.1) is 0 Å². The van der Waals surface area contributed by atoms with Crippen LogP contribution in [-0.2, 0) is 0 Å². The Bertz CT molecular complexity index is 1480. The third kappa shape index (κ3) is 5.92. The van der Waals surface area contributed by atoms with E-state index in [9.17, 15) is 14.7 Å². The van der Waals surface area contributed by atoms with Gasteiger partial charge >= 0.3 is 0 Å². The molecule has 0 bridgehead atoms. The Hall–Kier alpha value is -4.82. The molecule has 0 aliphatic carbocycles. The van der Waals surface area contributed by atoms with Crippen molar-refractivity contribution in [2.24, 2.45) is 0 Å². The van der Waals surface area contributed by atoms with Gasteiger partial charge in [-0.1, -0.05) is 36.4 Å². The molecule has 1 aliphatic heterocycles. The van der Waals surface area contributed by atoms with Gasteiger partial charge in [0.1, 0.15) is 0 Å². The molecule has 1 heterocycles. The quantitative estimate of drug-likeness (QED) is 0.260. The van der Waals surface area contributed by atoms with Gasteiger partial charge in [-0.2, -0.15) is 0 Å². The number of nitrogens with one attached hydrogen (secondary N) is 2. The van der Waals surface area contributed by atoms with Crippen LogP contribution in [0.15, 0.2) is 91.0 Å². The highest BCUT2D eigenvalue weighted by molar-refractivity contribution is 6.10. The first-order valence-electron chi connectivity index (χ1n) is 13.3. The van der Waals surface area contributed by atoms with E-state index in [4.69, 9.17) is 5.21 Å². The minimum Gasteiger partial charge on any atom is -0.872 e. The molecule has 3 N–H and O–H groups in total. The van der Waals surface area contributed by atoms with Gasteiger partial charge in [0.2, 0.25) is 0 Å².